The fraction of sp³-hybridized carbons (Fsp3) is 0.103. The smallest absolute Gasteiger partial charge is 0.267 e. The SMILES string of the molecule is Cc1cc(C=Nn2c(-c3cccc(C(F)(F)F)c3)nc3ccccc3c2=O)c(C)n1NC(=O)c1ccccc1. The van der Waals surface area contributed by atoms with E-state index in [1.54, 1.807) is 73.1 Å². The van der Waals surface area contributed by atoms with E-state index in [9.17, 15) is 22.8 Å². The number of carbonyl (C=O) groups is 1. The van der Waals surface area contributed by atoms with Gasteiger partial charge < -0.3 is 0 Å². The molecule has 0 spiro atoms. The van der Waals surface area contributed by atoms with Crippen molar-refractivity contribution in [3.63, 3.8) is 0 Å². The maximum atomic E-state index is 13.4. The molecule has 2 aromatic heterocycles. The van der Waals surface area contributed by atoms with Gasteiger partial charge in [-0.3, -0.25) is 19.7 Å². The molecule has 2 heterocycles. The van der Waals surface area contributed by atoms with Crippen molar-refractivity contribution in [2.45, 2.75) is 20.0 Å². The number of amides is 1. The Kier molecular flexibility index (Phi) is 6.61. The number of benzene rings is 3. The predicted molar refractivity (Wildman–Crippen MR) is 143 cm³/mol. The highest BCUT2D eigenvalue weighted by Gasteiger charge is 2.31. The number of hydrogen-bond acceptors (Lipinski definition) is 4. The minimum Gasteiger partial charge on any atom is -0.267 e. The number of nitrogens with one attached hydrogen (secondary N) is 1. The number of aromatic nitrogens is 3. The first-order valence-electron chi connectivity index (χ1n) is 11.9. The summed E-state index contributed by atoms with van der Waals surface area (Å²) >= 11 is 0. The quantitative estimate of drug-likeness (QED) is 0.294. The predicted octanol–water partition coefficient (Wildman–Crippen LogP) is 5.77. The van der Waals surface area contributed by atoms with Crippen LogP contribution in [0.1, 0.15) is 32.9 Å². The third-order valence-electron chi connectivity index (χ3n) is 6.23. The third-order valence-corrected chi connectivity index (χ3v) is 6.23. The van der Waals surface area contributed by atoms with Crippen LogP contribution in [0.25, 0.3) is 22.3 Å². The molecule has 0 radical (unpaired) electrons. The zero-order chi connectivity index (χ0) is 27.7. The van der Waals surface area contributed by atoms with Gasteiger partial charge in [-0.05, 0) is 56.3 Å². The molecule has 39 heavy (non-hydrogen) atoms. The second kappa shape index (κ2) is 10.1. The van der Waals surface area contributed by atoms with E-state index in [1.165, 1.54) is 18.3 Å². The van der Waals surface area contributed by atoms with Crippen LogP contribution in [0, 0.1) is 13.8 Å². The van der Waals surface area contributed by atoms with Gasteiger partial charge in [-0.2, -0.15) is 22.9 Å². The summed E-state index contributed by atoms with van der Waals surface area (Å²) in [5, 5.41) is 4.63. The summed E-state index contributed by atoms with van der Waals surface area (Å²) in [6.07, 6.45) is -3.15. The highest BCUT2D eigenvalue weighted by molar-refractivity contribution is 6.00. The van der Waals surface area contributed by atoms with E-state index in [0.29, 0.717) is 28.0 Å². The molecule has 1 N–H and O–H groups in total. The molecule has 1 amide bonds. The van der Waals surface area contributed by atoms with Crippen LogP contribution in [0.15, 0.2) is 94.8 Å². The van der Waals surface area contributed by atoms with Gasteiger partial charge in [-0.25, -0.2) is 4.98 Å². The van der Waals surface area contributed by atoms with Crippen LogP contribution in [-0.2, 0) is 6.18 Å². The zero-order valence-corrected chi connectivity index (χ0v) is 20.9. The molecule has 0 aliphatic carbocycles. The Bertz CT molecular complexity index is 1790. The van der Waals surface area contributed by atoms with Gasteiger partial charge in [0.25, 0.3) is 11.5 Å². The first kappa shape index (κ1) is 25.7. The summed E-state index contributed by atoms with van der Waals surface area (Å²) in [6.45, 7) is 3.57. The molecular formula is C29H22F3N5O2. The van der Waals surface area contributed by atoms with Crippen molar-refractivity contribution in [2.75, 3.05) is 5.43 Å². The fourth-order valence-electron chi connectivity index (χ4n) is 4.22. The van der Waals surface area contributed by atoms with Crippen LogP contribution >= 0.6 is 0 Å². The largest absolute Gasteiger partial charge is 0.416 e. The third kappa shape index (κ3) is 5.08. The van der Waals surface area contributed by atoms with Crippen LogP contribution < -0.4 is 11.0 Å². The Balaban J connectivity index is 1.58. The number of alkyl halides is 3. The number of rotatable bonds is 5. The van der Waals surface area contributed by atoms with Gasteiger partial charge in [0.1, 0.15) is 0 Å². The van der Waals surface area contributed by atoms with Crippen molar-refractivity contribution < 1.29 is 18.0 Å². The molecule has 0 bridgehead atoms. The lowest BCUT2D eigenvalue weighted by atomic mass is 10.1. The lowest BCUT2D eigenvalue weighted by Crippen LogP contribution is -2.24. The number of nitrogens with zero attached hydrogens (tertiary/aromatic N) is 4. The van der Waals surface area contributed by atoms with Gasteiger partial charge in [0.05, 0.1) is 22.7 Å². The lowest BCUT2D eigenvalue weighted by Gasteiger charge is -2.12. The summed E-state index contributed by atoms with van der Waals surface area (Å²) in [6, 6.07) is 21.7. The average molecular weight is 530 g/mol. The standard InChI is InChI=1S/C29H22F3N5O2/c1-18-15-22(19(2)36(18)35-27(38)20-9-4-3-5-10-20)17-33-37-26(21-11-8-12-23(16-21)29(30,31)32)34-25-14-7-6-13-24(25)28(37)39/h3-17H,1-2H3,(H,35,38). The molecule has 5 aromatic rings. The fourth-order valence-corrected chi connectivity index (χ4v) is 4.22. The molecule has 0 aliphatic rings. The number of aryl methyl sites for hydroxylation is 1. The normalized spacial score (nSPS) is 11.8. The highest BCUT2D eigenvalue weighted by atomic mass is 19.4. The van der Waals surface area contributed by atoms with Gasteiger partial charge in [0, 0.05) is 28.1 Å². The Hall–Kier alpha value is -4.99. The molecule has 5 rings (SSSR count). The van der Waals surface area contributed by atoms with Gasteiger partial charge in [0.15, 0.2) is 5.82 Å². The first-order valence-corrected chi connectivity index (χ1v) is 11.9. The average Bonchev–Trinajstić information content (AvgIpc) is 3.20. The summed E-state index contributed by atoms with van der Waals surface area (Å²) in [7, 11) is 0. The number of hydrogen-bond donors (Lipinski definition) is 1. The van der Waals surface area contributed by atoms with Crippen molar-refractivity contribution in [3.8, 4) is 11.4 Å². The van der Waals surface area contributed by atoms with Crippen molar-refractivity contribution in [1.82, 2.24) is 14.3 Å². The van der Waals surface area contributed by atoms with E-state index in [1.807, 2.05) is 6.07 Å². The van der Waals surface area contributed by atoms with Crippen LogP contribution in [0.2, 0.25) is 0 Å². The van der Waals surface area contributed by atoms with E-state index in [0.717, 1.165) is 16.8 Å². The maximum Gasteiger partial charge on any atom is 0.416 e. The molecular weight excluding hydrogens is 507 g/mol. The van der Waals surface area contributed by atoms with E-state index in [-0.39, 0.29) is 22.7 Å². The van der Waals surface area contributed by atoms with Crippen molar-refractivity contribution in [3.05, 3.63) is 123 Å². The van der Waals surface area contributed by atoms with Crippen molar-refractivity contribution in [2.24, 2.45) is 5.10 Å². The molecule has 0 fully saturated rings. The maximum absolute atomic E-state index is 13.4. The molecule has 196 valence electrons. The molecule has 3 aromatic carbocycles. The highest BCUT2D eigenvalue weighted by Crippen LogP contribution is 2.32. The monoisotopic (exact) mass is 529 g/mol. The molecule has 7 nitrogen and oxygen atoms in total. The Morgan fingerprint density at radius 3 is 2.41 bits per heavy atom. The van der Waals surface area contributed by atoms with E-state index in [2.05, 4.69) is 15.5 Å². The Labute approximate surface area is 220 Å². The summed E-state index contributed by atoms with van der Waals surface area (Å²) in [5.74, 6) is -0.338. The topological polar surface area (TPSA) is 81.3 Å². The van der Waals surface area contributed by atoms with E-state index in [4.69, 9.17) is 0 Å². The van der Waals surface area contributed by atoms with Crippen LogP contribution in [0.5, 0.6) is 0 Å². The van der Waals surface area contributed by atoms with Gasteiger partial charge in [-0.1, -0.05) is 42.5 Å². The zero-order valence-electron chi connectivity index (χ0n) is 20.9. The van der Waals surface area contributed by atoms with E-state index < -0.39 is 17.3 Å². The minimum absolute atomic E-state index is 0.0350. The number of para-hydroxylation sites is 1. The molecule has 0 atom stereocenters. The van der Waals surface area contributed by atoms with Gasteiger partial charge in [-0.15, -0.1) is 0 Å². The second-order valence-corrected chi connectivity index (χ2v) is 8.86. The first-order chi connectivity index (χ1) is 18.6. The number of halogens is 3. The molecule has 0 unspecified atom stereocenters. The molecule has 0 saturated heterocycles. The second-order valence-electron chi connectivity index (χ2n) is 8.86. The summed E-state index contributed by atoms with van der Waals surface area (Å²) < 4.78 is 42.9. The number of fused-ring (bicyclic) bond motifs is 1. The van der Waals surface area contributed by atoms with Crippen LogP contribution in [0.3, 0.4) is 0 Å². The molecule has 0 aliphatic heterocycles. The number of carbonyl (C=O) groups excluding carboxylic acids is 1. The van der Waals surface area contributed by atoms with E-state index >= 15 is 0 Å². The molecule has 0 saturated carbocycles. The summed E-state index contributed by atoms with van der Waals surface area (Å²) in [5.41, 5.74) is 4.29. The minimum atomic E-state index is -4.57. The Morgan fingerprint density at radius 2 is 1.67 bits per heavy atom. The van der Waals surface area contributed by atoms with Crippen molar-refractivity contribution in [1.29, 1.82) is 0 Å². The Morgan fingerprint density at radius 1 is 0.949 bits per heavy atom. The van der Waals surface area contributed by atoms with Crippen molar-refractivity contribution >= 4 is 23.0 Å². The summed E-state index contributed by atoms with van der Waals surface area (Å²) in [4.78, 5) is 30.6. The van der Waals surface area contributed by atoms with Gasteiger partial charge in [0.2, 0.25) is 0 Å². The van der Waals surface area contributed by atoms with Crippen LogP contribution in [0.4, 0.5) is 13.2 Å². The molecule has 10 heteroatoms. The van der Waals surface area contributed by atoms with Gasteiger partial charge >= 0.3 is 6.18 Å². The van der Waals surface area contributed by atoms with Crippen LogP contribution in [-0.4, -0.2) is 26.5 Å². The lowest BCUT2D eigenvalue weighted by molar-refractivity contribution is -0.137.